The van der Waals surface area contributed by atoms with Crippen molar-refractivity contribution >= 4 is 0 Å². The molecule has 15 heavy (non-hydrogen) atoms. The van der Waals surface area contributed by atoms with Gasteiger partial charge >= 0.3 is 0 Å². The van der Waals surface area contributed by atoms with Gasteiger partial charge in [0, 0.05) is 0 Å². The quantitative estimate of drug-likeness (QED) is 0.720. The van der Waals surface area contributed by atoms with Crippen LogP contribution in [0.3, 0.4) is 0 Å². The molecule has 0 aliphatic carbocycles. The van der Waals surface area contributed by atoms with E-state index in [0.29, 0.717) is 17.7 Å². The Kier molecular flexibility index (Phi) is 4.10. The van der Waals surface area contributed by atoms with E-state index in [2.05, 4.69) is 0 Å². The molecular weight excluding hydrogens is 192 g/mol. The molecule has 1 aromatic carbocycles. The van der Waals surface area contributed by atoms with Crippen molar-refractivity contribution in [2.75, 3.05) is 0 Å². The summed E-state index contributed by atoms with van der Waals surface area (Å²) in [6, 6.07) is 8.78. The molecule has 0 saturated heterocycles. The number of rotatable bonds is 4. The Morgan fingerprint density at radius 1 is 1.53 bits per heavy atom. The number of aliphatic hydroxyl groups excluding tert-OH is 1. The summed E-state index contributed by atoms with van der Waals surface area (Å²) in [6.45, 7) is 1.81. The summed E-state index contributed by atoms with van der Waals surface area (Å²) in [5.41, 5.74) is 6.01. The lowest BCUT2D eigenvalue weighted by atomic mass is 10.2. The number of hydrogen-bond donors (Lipinski definition) is 2. The van der Waals surface area contributed by atoms with E-state index < -0.39 is 12.3 Å². The van der Waals surface area contributed by atoms with Crippen LogP contribution in [0.15, 0.2) is 24.3 Å². The van der Waals surface area contributed by atoms with Gasteiger partial charge in [-0.05, 0) is 18.6 Å². The molecule has 2 atom stereocenters. The highest BCUT2D eigenvalue weighted by molar-refractivity contribution is 5.42. The molecule has 0 aromatic heterocycles. The zero-order valence-electron chi connectivity index (χ0n) is 8.55. The molecule has 0 aliphatic heterocycles. The number of benzene rings is 1. The maximum absolute atomic E-state index is 9.42. The molecular formula is C11H14N2O2. The first-order chi connectivity index (χ1) is 7.19. The van der Waals surface area contributed by atoms with Gasteiger partial charge in [-0.1, -0.05) is 19.1 Å². The van der Waals surface area contributed by atoms with Crippen LogP contribution in [-0.2, 0) is 0 Å². The molecule has 0 radical (unpaired) electrons. The van der Waals surface area contributed by atoms with Gasteiger partial charge in [0.15, 0.2) is 6.23 Å². The van der Waals surface area contributed by atoms with E-state index in [1.165, 1.54) is 0 Å². The molecule has 0 spiro atoms. The Hall–Kier alpha value is -1.57. The molecule has 0 heterocycles. The van der Waals surface area contributed by atoms with Gasteiger partial charge in [0.25, 0.3) is 0 Å². The lowest BCUT2D eigenvalue weighted by Crippen LogP contribution is -2.39. The van der Waals surface area contributed by atoms with Gasteiger partial charge < -0.3 is 9.84 Å². The second-order valence-electron chi connectivity index (χ2n) is 3.17. The second kappa shape index (κ2) is 5.35. The Bertz CT molecular complexity index is 360. The van der Waals surface area contributed by atoms with E-state index in [1.54, 1.807) is 24.3 Å². The Morgan fingerprint density at radius 3 is 2.80 bits per heavy atom. The normalized spacial score (nSPS) is 14.0. The van der Waals surface area contributed by atoms with E-state index in [-0.39, 0.29) is 0 Å². The molecule has 80 valence electrons. The lowest BCUT2D eigenvalue weighted by Gasteiger charge is -2.19. The first kappa shape index (κ1) is 11.5. The molecule has 4 heteroatoms. The highest BCUT2D eigenvalue weighted by atomic mass is 16.5. The van der Waals surface area contributed by atoms with E-state index in [4.69, 9.17) is 15.7 Å². The molecule has 4 nitrogen and oxygen atoms in total. The van der Waals surface area contributed by atoms with E-state index in [9.17, 15) is 5.11 Å². The van der Waals surface area contributed by atoms with Crippen LogP contribution in [0, 0.1) is 11.3 Å². The van der Waals surface area contributed by atoms with Crippen molar-refractivity contribution in [1.82, 2.24) is 0 Å². The third-order valence-corrected chi connectivity index (χ3v) is 2.07. The van der Waals surface area contributed by atoms with Gasteiger partial charge in [0.05, 0.1) is 5.56 Å². The summed E-state index contributed by atoms with van der Waals surface area (Å²) in [7, 11) is 0. The fourth-order valence-corrected chi connectivity index (χ4v) is 1.12. The highest BCUT2D eigenvalue weighted by Gasteiger charge is 2.15. The summed E-state index contributed by atoms with van der Waals surface area (Å²) in [5.74, 6) is 0.403. The zero-order valence-corrected chi connectivity index (χ0v) is 8.55. The van der Waals surface area contributed by atoms with E-state index in [1.807, 2.05) is 13.0 Å². The fraction of sp³-hybridized carbons (Fsp3) is 0.364. The van der Waals surface area contributed by atoms with Crippen molar-refractivity contribution in [2.24, 2.45) is 5.73 Å². The van der Waals surface area contributed by atoms with Gasteiger partial charge in [0.1, 0.15) is 17.9 Å². The molecule has 3 N–H and O–H groups in total. The Balaban J connectivity index is 2.77. The number of nitrogens with zero attached hydrogens (tertiary/aromatic N) is 1. The number of aliphatic hydroxyl groups is 1. The third kappa shape index (κ3) is 2.94. The largest absolute Gasteiger partial charge is 0.471 e. The molecule has 0 saturated carbocycles. The molecule has 0 amide bonds. The summed E-state index contributed by atoms with van der Waals surface area (Å²) in [6.07, 6.45) is -1.02. The van der Waals surface area contributed by atoms with Crippen molar-refractivity contribution in [1.29, 1.82) is 5.26 Å². The Labute approximate surface area is 88.9 Å². The van der Waals surface area contributed by atoms with E-state index >= 15 is 0 Å². The minimum atomic E-state index is -0.801. The summed E-state index contributed by atoms with van der Waals surface area (Å²) >= 11 is 0. The van der Waals surface area contributed by atoms with Crippen molar-refractivity contribution in [3.63, 3.8) is 0 Å². The average Bonchev–Trinajstić information content (AvgIpc) is 2.28. The number of nitrogens with two attached hydrogens (primary N) is 1. The standard InChI is InChI=1S/C11H14N2O2/c1-2-9(14)11(13)15-10-6-4-3-5-8(10)7-12/h3-6,9,11,14H,2,13H2,1H3. The Morgan fingerprint density at radius 2 is 2.20 bits per heavy atom. The smallest absolute Gasteiger partial charge is 0.173 e. The molecule has 2 unspecified atom stereocenters. The number of nitriles is 1. The lowest BCUT2D eigenvalue weighted by molar-refractivity contribution is 0.0377. The molecule has 0 fully saturated rings. The van der Waals surface area contributed by atoms with Crippen molar-refractivity contribution < 1.29 is 9.84 Å². The van der Waals surface area contributed by atoms with Crippen LogP contribution < -0.4 is 10.5 Å². The number of ether oxygens (including phenoxy) is 1. The minimum Gasteiger partial charge on any atom is -0.471 e. The van der Waals surface area contributed by atoms with Gasteiger partial charge in [-0.3, -0.25) is 5.73 Å². The highest BCUT2D eigenvalue weighted by Crippen LogP contribution is 2.18. The van der Waals surface area contributed by atoms with Crippen LogP contribution in [0.2, 0.25) is 0 Å². The second-order valence-corrected chi connectivity index (χ2v) is 3.17. The van der Waals surface area contributed by atoms with Crippen LogP contribution in [0.1, 0.15) is 18.9 Å². The molecule has 1 rings (SSSR count). The van der Waals surface area contributed by atoms with Gasteiger partial charge in [-0.15, -0.1) is 0 Å². The zero-order chi connectivity index (χ0) is 11.3. The minimum absolute atomic E-state index is 0.403. The number of hydrogen-bond acceptors (Lipinski definition) is 4. The predicted molar refractivity (Wildman–Crippen MR) is 56.1 cm³/mol. The van der Waals surface area contributed by atoms with Crippen LogP contribution in [0.5, 0.6) is 5.75 Å². The summed E-state index contributed by atoms with van der Waals surface area (Å²) in [5, 5.41) is 18.2. The topological polar surface area (TPSA) is 79.3 Å². The van der Waals surface area contributed by atoms with Gasteiger partial charge in [-0.25, -0.2) is 0 Å². The SMILES string of the molecule is CCC(O)C(N)Oc1ccccc1C#N. The van der Waals surface area contributed by atoms with Crippen molar-refractivity contribution in [3.8, 4) is 11.8 Å². The average molecular weight is 206 g/mol. The first-order valence-electron chi connectivity index (χ1n) is 4.78. The van der Waals surface area contributed by atoms with Gasteiger partial charge in [-0.2, -0.15) is 5.26 Å². The summed E-state index contributed by atoms with van der Waals surface area (Å²) < 4.78 is 5.29. The van der Waals surface area contributed by atoms with Crippen LogP contribution in [0.4, 0.5) is 0 Å². The maximum Gasteiger partial charge on any atom is 0.173 e. The summed E-state index contributed by atoms with van der Waals surface area (Å²) in [4.78, 5) is 0. The molecule has 1 aromatic rings. The van der Waals surface area contributed by atoms with Crippen molar-refractivity contribution in [3.05, 3.63) is 29.8 Å². The van der Waals surface area contributed by atoms with Crippen molar-refractivity contribution in [2.45, 2.75) is 25.7 Å². The first-order valence-corrected chi connectivity index (χ1v) is 4.78. The molecule has 0 bridgehead atoms. The monoisotopic (exact) mass is 206 g/mol. The predicted octanol–water partition coefficient (Wildman–Crippen LogP) is 0.993. The van der Waals surface area contributed by atoms with Crippen LogP contribution >= 0.6 is 0 Å². The fourth-order valence-electron chi connectivity index (χ4n) is 1.12. The van der Waals surface area contributed by atoms with Gasteiger partial charge in [0.2, 0.25) is 0 Å². The molecule has 0 aliphatic rings. The number of para-hydroxylation sites is 1. The van der Waals surface area contributed by atoms with Crippen LogP contribution in [-0.4, -0.2) is 17.4 Å². The van der Waals surface area contributed by atoms with E-state index in [0.717, 1.165) is 0 Å². The third-order valence-electron chi connectivity index (χ3n) is 2.07. The van der Waals surface area contributed by atoms with Crippen LogP contribution in [0.25, 0.3) is 0 Å². The maximum atomic E-state index is 9.42.